The van der Waals surface area contributed by atoms with Crippen molar-refractivity contribution in [1.82, 2.24) is 10.2 Å². The van der Waals surface area contributed by atoms with Gasteiger partial charge in [-0.15, -0.1) is 0 Å². The molecule has 0 spiro atoms. The molecule has 1 heterocycles. The van der Waals surface area contributed by atoms with Gasteiger partial charge in [0.05, 0.1) is 32.7 Å². The van der Waals surface area contributed by atoms with E-state index in [0.717, 1.165) is 48.9 Å². The number of urea groups is 1. The summed E-state index contributed by atoms with van der Waals surface area (Å²) in [5.41, 5.74) is 1.97. The number of likely N-dealkylation sites (tertiary alicyclic amines) is 1. The second-order valence-corrected chi connectivity index (χ2v) is 9.77. The molecule has 37 heavy (non-hydrogen) atoms. The molecule has 2 aromatic rings. The quantitative estimate of drug-likeness (QED) is 0.505. The number of carboxylic acids is 1. The lowest BCUT2D eigenvalue weighted by molar-refractivity contribution is -0.885. The summed E-state index contributed by atoms with van der Waals surface area (Å²) in [6, 6.07) is 14.4. The SMILES string of the molecule is C/C=C/C(=O)[O-].CC(C)COc1ccc(CNC(=O)N(Cc2ccc(F)cc2)C2CC[NH+](C)CC2)cc1. The molecule has 0 aromatic heterocycles. The van der Waals surface area contributed by atoms with E-state index in [4.69, 9.17) is 4.74 Å². The van der Waals surface area contributed by atoms with E-state index in [1.54, 1.807) is 19.1 Å². The molecule has 8 heteroatoms. The molecular weight excluding hydrogens is 473 g/mol. The Balaban J connectivity index is 0.000000717. The van der Waals surface area contributed by atoms with Gasteiger partial charge in [-0.1, -0.05) is 44.2 Å². The zero-order valence-electron chi connectivity index (χ0n) is 22.3. The van der Waals surface area contributed by atoms with E-state index in [0.29, 0.717) is 25.6 Å². The number of carboxylic acid groups (broad SMARTS) is 1. The lowest BCUT2D eigenvalue weighted by atomic mass is 10.0. The molecule has 7 nitrogen and oxygen atoms in total. The average molecular weight is 514 g/mol. The molecule has 2 N–H and O–H groups in total. The van der Waals surface area contributed by atoms with Crippen LogP contribution in [-0.4, -0.2) is 49.7 Å². The van der Waals surface area contributed by atoms with Crippen molar-refractivity contribution >= 4 is 12.0 Å². The zero-order chi connectivity index (χ0) is 27.2. The average Bonchev–Trinajstić information content (AvgIpc) is 2.87. The Bertz CT molecular complexity index is 985. The smallest absolute Gasteiger partial charge is 0.318 e. The number of hydrogen-bond acceptors (Lipinski definition) is 4. The summed E-state index contributed by atoms with van der Waals surface area (Å²) in [7, 11) is 2.19. The first-order chi connectivity index (χ1) is 17.7. The molecule has 0 aliphatic carbocycles. The van der Waals surface area contributed by atoms with E-state index in [1.165, 1.54) is 23.1 Å². The molecule has 2 amide bonds. The molecule has 1 fully saturated rings. The molecule has 3 rings (SSSR count). The lowest BCUT2D eigenvalue weighted by Gasteiger charge is -2.36. The first-order valence-electron chi connectivity index (χ1n) is 12.8. The maximum absolute atomic E-state index is 13.3. The van der Waals surface area contributed by atoms with Crippen molar-refractivity contribution in [2.45, 2.75) is 52.7 Å². The van der Waals surface area contributed by atoms with Gasteiger partial charge in [-0.3, -0.25) is 0 Å². The van der Waals surface area contributed by atoms with Crippen molar-refractivity contribution < 1.29 is 28.7 Å². The second kappa shape index (κ2) is 15.7. The maximum atomic E-state index is 13.3. The maximum Gasteiger partial charge on any atom is 0.318 e. The van der Waals surface area contributed by atoms with Crippen molar-refractivity contribution in [2.24, 2.45) is 5.92 Å². The Labute approximate surface area is 219 Å². The Kier molecular flexibility index (Phi) is 12.6. The number of hydrogen-bond donors (Lipinski definition) is 2. The van der Waals surface area contributed by atoms with Crippen LogP contribution in [0.2, 0.25) is 0 Å². The zero-order valence-corrected chi connectivity index (χ0v) is 22.3. The highest BCUT2D eigenvalue weighted by molar-refractivity contribution is 5.77. The van der Waals surface area contributed by atoms with Gasteiger partial charge in [0.2, 0.25) is 0 Å². The number of nitrogens with one attached hydrogen (secondary N) is 2. The van der Waals surface area contributed by atoms with Crippen LogP contribution in [0.4, 0.5) is 9.18 Å². The first kappa shape index (κ1) is 29.8. The van der Waals surface area contributed by atoms with Gasteiger partial charge in [0.1, 0.15) is 11.6 Å². The van der Waals surface area contributed by atoms with E-state index >= 15 is 0 Å². The normalized spacial score (nSPS) is 17.1. The lowest BCUT2D eigenvalue weighted by Crippen LogP contribution is -3.10. The fourth-order valence-corrected chi connectivity index (χ4v) is 3.94. The van der Waals surface area contributed by atoms with Gasteiger partial charge in [0.15, 0.2) is 0 Å². The van der Waals surface area contributed by atoms with Crippen LogP contribution in [0.15, 0.2) is 60.7 Å². The number of benzene rings is 2. The van der Waals surface area contributed by atoms with E-state index in [9.17, 15) is 19.1 Å². The number of carbonyl (C=O) groups is 2. The molecule has 0 unspecified atom stereocenters. The van der Waals surface area contributed by atoms with E-state index in [2.05, 4.69) is 26.2 Å². The molecule has 0 saturated carbocycles. The number of rotatable bonds is 9. The summed E-state index contributed by atoms with van der Waals surface area (Å²) in [6.45, 7) is 9.59. The minimum Gasteiger partial charge on any atom is -0.545 e. The number of piperidine rings is 1. The number of amides is 2. The Morgan fingerprint density at radius 2 is 1.70 bits per heavy atom. The van der Waals surface area contributed by atoms with Crippen LogP contribution in [0, 0.1) is 11.7 Å². The van der Waals surface area contributed by atoms with Crippen molar-refractivity contribution in [1.29, 1.82) is 0 Å². The number of nitrogens with zero attached hydrogens (tertiary/aromatic N) is 1. The number of carbonyl (C=O) groups excluding carboxylic acids is 2. The largest absolute Gasteiger partial charge is 0.545 e. The van der Waals surface area contributed by atoms with Gasteiger partial charge in [-0.05, 0) is 54.3 Å². The fraction of sp³-hybridized carbons (Fsp3) is 0.448. The topological polar surface area (TPSA) is 86.1 Å². The van der Waals surface area contributed by atoms with Crippen LogP contribution in [0.1, 0.15) is 44.7 Å². The van der Waals surface area contributed by atoms with Crippen LogP contribution < -0.4 is 20.1 Å². The number of allylic oxidation sites excluding steroid dienone is 1. The standard InChI is InChI=1S/C25H34FN3O2.C4H6O2/c1-19(2)18-31-24-10-6-20(7-11-24)16-27-25(30)29(23-12-14-28(3)15-13-23)17-21-4-8-22(26)9-5-21;1-2-3-4(5)6/h4-11,19,23H,12-18H2,1-3H3,(H,27,30);2-3H,1H3,(H,5,6)/b;3-2+. The first-order valence-corrected chi connectivity index (χ1v) is 12.8. The van der Waals surface area contributed by atoms with Crippen LogP contribution in [0.5, 0.6) is 5.75 Å². The molecule has 2 aromatic carbocycles. The number of quaternary nitrogens is 1. The van der Waals surface area contributed by atoms with Gasteiger partial charge >= 0.3 is 6.03 Å². The van der Waals surface area contributed by atoms with Crippen LogP contribution in [-0.2, 0) is 17.9 Å². The molecule has 0 bridgehead atoms. The summed E-state index contributed by atoms with van der Waals surface area (Å²) in [5.74, 6) is -0.0799. The Morgan fingerprint density at radius 1 is 1.11 bits per heavy atom. The van der Waals surface area contributed by atoms with Crippen molar-refractivity contribution in [3.8, 4) is 5.75 Å². The Hall–Kier alpha value is -3.39. The van der Waals surface area contributed by atoms with Crippen molar-refractivity contribution in [3.05, 3.63) is 77.6 Å². The molecule has 0 atom stereocenters. The van der Waals surface area contributed by atoms with Gasteiger partial charge in [0, 0.05) is 32.0 Å². The van der Waals surface area contributed by atoms with E-state index in [1.807, 2.05) is 29.2 Å². The number of halogens is 1. The predicted molar refractivity (Wildman–Crippen MR) is 140 cm³/mol. The summed E-state index contributed by atoms with van der Waals surface area (Å²) >= 11 is 0. The molecule has 0 radical (unpaired) electrons. The highest BCUT2D eigenvalue weighted by Crippen LogP contribution is 2.17. The van der Waals surface area contributed by atoms with Gasteiger partial charge in [-0.25, -0.2) is 9.18 Å². The van der Waals surface area contributed by atoms with Gasteiger partial charge < -0.3 is 29.8 Å². The fourth-order valence-electron chi connectivity index (χ4n) is 3.94. The second-order valence-electron chi connectivity index (χ2n) is 9.77. The number of aliphatic carboxylic acids is 1. The van der Waals surface area contributed by atoms with Crippen molar-refractivity contribution in [3.63, 3.8) is 0 Å². The highest BCUT2D eigenvalue weighted by atomic mass is 19.1. The predicted octanol–water partition coefficient (Wildman–Crippen LogP) is 2.56. The molecule has 202 valence electrons. The van der Waals surface area contributed by atoms with E-state index in [-0.39, 0.29) is 17.9 Å². The third-order valence-corrected chi connectivity index (χ3v) is 6.03. The van der Waals surface area contributed by atoms with Gasteiger partial charge in [-0.2, -0.15) is 0 Å². The summed E-state index contributed by atoms with van der Waals surface area (Å²) in [6.07, 6.45) is 4.33. The summed E-state index contributed by atoms with van der Waals surface area (Å²) in [4.78, 5) is 25.9. The molecule has 1 aliphatic rings. The molecular formula is C29H40FN3O4. The third-order valence-electron chi connectivity index (χ3n) is 6.03. The monoisotopic (exact) mass is 513 g/mol. The summed E-state index contributed by atoms with van der Waals surface area (Å²) in [5, 5.41) is 12.5. The Morgan fingerprint density at radius 3 is 2.22 bits per heavy atom. The molecule has 1 saturated heterocycles. The van der Waals surface area contributed by atoms with Crippen LogP contribution in [0.25, 0.3) is 0 Å². The summed E-state index contributed by atoms with van der Waals surface area (Å²) < 4.78 is 19.0. The number of ether oxygens (including phenoxy) is 1. The molecule has 1 aliphatic heterocycles. The third kappa shape index (κ3) is 11.5. The van der Waals surface area contributed by atoms with Crippen LogP contribution >= 0.6 is 0 Å². The highest BCUT2D eigenvalue weighted by Gasteiger charge is 2.28. The minimum absolute atomic E-state index is 0.0750. The van der Waals surface area contributed by atoms with Crippen LogP contribution in [0.3, 0.4) is 0 Å². The van der Waals surface area contributed by atoms with Crippen molar-refractivity contribution in [2.75, 3.05) is 26.7 Å². The van der Waals surface area contributed by atoms with Gasteiger partial charge in [0.25, 0.3) is 0 Å². The van der Waals surface area contributed by atoms with E-state index < -0.39 is 5.97 Å². The minimum atomic E-state index is -1.14.